The van der Waals surface area contributed by atoms with Crippen LogP contribution in [0.2, 0.25) is 0 Å². The predicted molar refractivity (Wildman–Crippen MR) is 91.8 cm³/mol. The van der Waals surface area contributed by atoms with Gasteiger partial charge in [0.2, 0.25) is 13.6 Å². The molecule has 0 radical (unpaired) electrons. The van der Waals surface area contributed by atoms with Crippen LogP contribution in [-0.2, 0) is 13.0 Å². The minimum absolute atomic E-state index is 0.00822. The maximum atomic E-state index is 11.0. The van der Waals surface area contributed by atoms with Crippen molar-refractivity contribution in [2.45, 2.75) is 31.0 Å². The summed E-state index contributed by atoms with van der Waals surface area (Å²) >= 11 is 0. The average molecular weight is 353 g/mol. The van der Waals surface area contributed by atoms with E-state index in [0.717, 1.165) is 46.2 Å². The molecule has 3 aliphatic heterocycles. The standard InChI is InChI=1S/C20H19NO5/c1-21-7-13-11(2-3-15-20(13)26-9-23-15)18-14(22)4-10-5-16-17(25-8-24-16)6-12(10)19(18)21/h2-3,5-6,14,18-19,22H,4,7-9H2,1H3/t14-,18?,19?/m0/s1. The first-order chi connectivity index (χ1) is 12.7. The van der Waals surface area contributed by atoms with E-state index >= 15 is 0 Å². The maximum absolute atomic E-state index is 11.0. The van der Waals surface area contributed by atoms with Gasteiger partial charge in [0.15, 0.2) is 23.0 Å². The van der Waals surface area contributed by atoms with Crippen molar-refractivity contribution in [3.05, 3.63) is 46.5 Å². The second kappa shape index (κ2) is 5.05. The van der Waals surface area contributed by atoms with Gasteiger partial charge in [0.1, 0.15) is 0 Å². The number of fused-ring (bicyclic) bond motifs is 8. The van der Waals surface area contributed by atoms with Crippen LogP contribution in [-0.4, -0.2) is 36.7 Å². The monoisotopic (exact) mass is 353 g/mol. The van der Waals surface area contributed by atoms with Crippen molar-refractivity contribution in [2.75, 3.05) is 20.6 Å². The van der Waals surface area contributed by atoms with Gasteiger partial charge < -0.3 is 24.1 Å². The predicted octanol–water partition coefficient (Wildman–Crippen LogP) is 2.33. The van der Waals surface area contributed by atoms with Crippen LogP contribution < -0.4 is 18.9 Å². The fourth-order valence-electron chi connectivity index (χ4n) is 4.97. The third-order valence-corrected chi connectivity index (χ3v) is 6.06. The summed E-state index contributed by atoms with van der Waals surface area (Å²) in [6, 6.07) is 8.27. The summed E-state index contributed by atoms with van der Waals surface area (Å²) in [6.07, 6.45) is 0.143. The molecule has 0 fully saturated rings. The maximum Gasteiger partial charge on any atom is 0.231 e. The van der Waals surface area contributed by atoms with Gasteiger partial charge in [-0.1, -0.05) is 6.07 Å². The zero-order valence-corrected chi connectivity index (χ0v) is 14.4. The summed E-state index contributed by atoms with van der Waals surface area (Å²) in [5.41, 5.74) is 4.65. The lowest BCUT2D eigenvalue weighted by molar-refractivity contribution is 0.0591. The number of aliphatic hydroxyl groups is 1. The Balaban J connectivity index is 1.53. The minimum Gasteiger partial charge on any atom is -0.454 e. The van der Waals surface area contributed by atoms with Crippen LogP contribution in [0.4, 0.5) is 0 Å². The molecule has 134 valence electrons. The fourth-order valence-corrected chi connectivity index (χ4v) is 4.97. The van der Waals surface area contributed by atoms with Crippen LogP contribution in [0.3, 0.4) is 0 Å². The van der Waals surface area contributed by atoms with Gasteiger partial charge in [-0.3, -0.25) is 4.90 Å². The van der Waals surface area contributed by atoms with E-state index in [1.54, 1.807) is 0 Å². The number of ether oxygens (including phenoxy) is 4. The molecule has 6 rings (SSSR count). The molecule has 26 heavy (non-hydrogen) atoms. The third-order valence-electron chi connectivity index (χ3n) is 6.06. The molecule has 2 aromatic rings. The van der Waals surface area contributed by atoms with Crippen molar-refractivity contribution in [1.29, 1.82) is 0 Å². The van der Waals surface area contributed by atoms with Gasteiger partial charge in [0.05, 0.1) is 6.10 Å². The minimum atomic E-state index is -0.463. The molecular formula is C20H19NO5. The smallest absolute Gasteiger partial charge is 0.231 e. The molecule has 6 nitrogen and oxygen atoms in total. The first kappa shape index (κ1) is 14.7. The van der Waals surface area contributed by atoms with Gasteiger partial charge in [0, 0.05) is 24.1 Å². The molecule has 2 aromatic carbocycles. The Morgan fingerprint density at radius 1 is 0.962 bits per heavy atom. The topological polar surface area (TPSA) is 60.4 Å². The Bertz CT molecular complexity index is 925. The second-order valence-electron chi connectivity index (χ2n) is 7.43. The van der Waals surface area contributed by atoms with Crippen molar-refractivity contribution >= 4 is 0 Å². The summed E-state index contributed by atoms with van der Waals surface area (Å²) in [5, 5.41) is 11.0. The molecule has 0 saturated heterocycles. The van der Waals surface area contributed by atoms with Crippen molar-refractivity contribution in [3.63, 3.8) is 0 Å². The molecule has 4 aliphatic rings. The molecule has 0 aromatic heterocycles. The Labute approximate surface area is 150 Å². The highest BCUT2D eigenvalue weighted by molar-refractivity contribution is 5.58. The van der Waals surface area contributed by atoms with Gasteiger partial charge >= 0.3 is 0 Å². The number of hydrogen-bond donors (Lipinski definition) is 1. The van der Waals surface area contributed by atoms with E-state index in [0.29, 0.717) is 6.42 Å². The van der Waals surface area contributed by atoms with E-state index in [1.165, 1.54) is 5.56 Å². The second-order valence-corrected chi connectivity index (χ2v) is 7.43. The van der Waals surface area contributed by atoms with Crippen molar-refractivity contribution in [3.8, 4) is 23.0 Å². The highest BCUT2D eigenvalue weighted by Gasteiger charge is 2.45. The number of rotatable bonds is 0. The molecular weight excluding hydrogens is 334 g/mol. The van der Waals surface area contributed by atoms with Crippen LogP contribution in [0.25, 0.3) is 0 Å². The highest BCUT2D eigenvalue weighted by Crippen LogP contribution is 2.54. The van der Waals surface area contributed by atoms with Crippen LogP contribution in [0.1, 0.15) is 34.2 Å². The van der Waals surface area contributed by atoms with E-state index < -0.39 is 6.10 Å². The molecule has 1 N–H and O–H groups in total. The van der Waals surface area contributed by atoms with Crippen LogP contribution in [0.5, 0.6) is 23.0 Å². The number of hydrogen-bond acceptors (Lipinski definition) is 6. The Kier molecular flexibility index (Phi) is 2.86. The normalized spacial score (nSPS) is 27.7. The molecule has 0 saturated carbocycles. The lowest BCUT2D eigenvalue weighted by Gasteiger charge is -2.46. The SMILES string of the molecule is CN1Cc2c(ccc3c2OCO3)C2C1c1cc3c(cc1C[C@@H]2O)OCO3. The highest BCUT2D eigenvalue weighted by atomic mass is 16.7. The van der Waals surface area contributed by atoms with Crippen LogP contribution >= 0.6 is 0 Å². The first-order valence-corrected chi connectivity index (χ1v) is 8.93. The van der Waals surface area contributed by atoms with Gasteiger partial charge in [0.25, 0.3) is 0 Å². The lowest BCUT2D eigenvalue weighted by Crippen LogP contribution is -2.43. The van der Waals surface area contributed by atoms with Gasteiger partial charge in [-0.25, -0.2) is 0 Å². The van der Waals surface area contributed by atoms with E-state index in [2.05, 4.69) is 24.1 Å². The fraction of sp³-hybridized carbons (Fsp3) is 0.400. The number of likely N-dealkylation sites (N-methyl/N-ethyl adjacent to an activating group) is 1. The van der Waals surface area contributed by atoms with Gasteiger partial charge in [-0.15, -0.1) is 0 Å². The zero-order valence-electron chi connectivity index (χ0n) is 14.4. The number of nitrogens with zero attached hydrogens (tertiary/aromatic N) is 1. The summed E-state index contributed by atoms with van der Waals surface area (Å²) in [5.74, 6) is 3.19. The molecule has 1 aliphatic carbocycles. The quantitative estimate of drug-likeness (QED) is 0.784. The number of aliphatic hydroxyl groups excluding tert-OH is 1. The van der Waals surface area contributed by atoms with E-state index in [1.807, 2.05) is 12.1 Å². The molecule has 3 heterocycles. The molecule has 3 atom stereocenters. The molecule has 0 amide bonds. The molecule has 0 bridgehead atoms. The van der Waals surface area contributed by atoms with Gasteiger partial charge in [-0.2, -0.15) is 0 Å². The average Bonchev–Trinajstić information content (AvgIpc) is 3.28. The summed E-state index contributed by atoms with van der Waals surface area (Å²) < 4.78 is 22.4. The van der Waals surface area contributed by atoms with Crippen LogP contribution in [0.15, 0.2) is 24.3 Å². The lowest BCUT2D eigenvalue weighted by atomic mass is 9.70. The van der Waals surface area contributed by atoms with E-state index in [-0.39, 0.29) is 25.5 Å². The Morgan fingerprint density at radius 2 is 1.73 bits per heavy atom. The van der Waals surface area contributed by atoms with E-state index in [9.17, 15) is 5.11 Å². The first-order valence-electron chi connectivity index (χ1n) is 8.93. The summed E-state index contributed by atoms with van der Waals surface area (Å²) in [4.78, 5) is 2.29. The Hall–Kier alpha value is -2.44. The van der Waals surface area contributed by atoms with E-state index in [4.69, 9.17) is 18.9 Å². The van der Waals surface area contributed by atoms with Crippen molar-refractivity contribution in [1.82, 2.24) is 4.90 Å². The van der Waals surface area contributed by atoms with Gasteiger partial charge in [-0.05, 0) is 48.4 Å². The molecule has 0 spiro atoms. The zero-order chi connectivity index (χ0) is 17.4. The van der Waals surface area contributed by atoms with Crippen LogP contribution in [0, 0.1) is 0 Å². The molecule has 2 unspecified atom stereocenters. The summed E-state index contributed by atoms with van der Waals surface area (Å²) in [7, 11) is 2.10. The molecule has 6 heteroatoms. The third kappa shape index (κ3) is 1.83. The van der Waals surface area contributed by atoms with Crippen molar-refractivity contribution < 1.29 is 24.1 Å². The summed E-state index contributed by atoms with van der Waals surface area (Å²) in [6.45, 7) is 1.28. The number of benzene rings is 2. The van der Waals surface area contributed by atoms with Crippen molar-refractivity contribution in [2.24, 2.45) is 0 Å². The largest absolute Gasteiger partial charge is 0.454 e. The Morgan fingerprint density at radius 3 is 2.62 bits per heavy atom.